The zero-order chi connectivity index (χ0) is 17.6. The van der Waals surface area contributed by atoms with Crippen molar-refractivity contribution in [3.05, 3.63) is 72.2 Å². The summed E-state index contributed by atoms with van der Waals surface area (Å²) in [5, 5.41) is 1.89. The molecule has 7 nitrogen and oxygen atoms in total. The minimum Gasteiger partial charge on any atom is -0.459 e. The molecule has 2 N–H and O–H groups in total. The van der Waals surface area contributed by atoms with Crippen molar-refractivity contribution in [1.82, 2.24) is 10.9 Å². The van der Waals surface area contributed by atoms with Crippen molar-refractivity contribution in [3.8, 4) is 0 Å². The highest BCUT2D eigenvalue weighted by atomic mass is 16.5. The number of rotatable bonds is 4. The Bertz CT molecular complexity index is 918. The average molecular weight is 338 g/mol. The van der Waals surface area contributed by atoms with E-state index in [9.17, 15) is 14.4 Å². The number of nitrogens with one attached hydrogen (secondary N) is 2. The third-order valence-corrected chi connectivity index (χ3v) is 3.38. The SMILES string of the molecule is O=C(COC(=O)c1ccc2ccccc2c1)NNC(=O)c1ccco1. The van der Waals surface area contributed by atoms with Gasteiger partial charge >= 0.3 is 11.9 Å². The van der Waals surface area contributed by atoms with Gasteiger partial charge in [0.15, 0.2) is 12.4 Å². The minimum atomic E-state index is -0.672. The van der Waals surface area contributed by atoms with Gasteiger partial charge in [-0.25, -0.2) is 4.79 Å². The Morgan fingerprint density at radius 2 is 1.72 bits per heavy atom. The van der Waals surface area contributed by atoms with Crippen LogP contribution in [0.4, 0.5) is 0 Å². The quantitative estimate of drug-likeness (QED) is 0.560. The second-order valence-electron chi connectivity index (χ2n) is 5.12. The van der Waals surface area contributed by atoms with Gasteiger partial charge < -0.3 is 9.15 Å². The van der Waals surface area contributed by atoms with E-state index >= 15 is 0 Å². The summed E-state index contributed by atoms with van der Waals surface area (Å²) in [5.41, 5.74) is 4.62. The second-order valence-corrected chi connectivity index (χ2v) is 5.12. The first-order chi connectivity index (χ1) is 12.1. The molecule has 2 aromatic carbocycles. The predicted molar refractivity (Wildman–Crippen MR) is 88.5 cm³/mol. The first-order valence-electron chi connectivity index (χ1n) is 7.42. The number of ether oxygens (including phenoxy) is 1. The van der Waals surface area contributed by atoms with E-state index in [0.29, 0.717) is 5.56 Å². The number of carbonyl (C=O) groups excluding carboxylic acids is 3. The monoisotopic (exact) mass is 338 g/mol. The van der Waals surface area contributed by atoms with Gasteiger partial charge in [-0.05, 0) is 35.0 Å². The summed E-state index contributed by atoms with van der Waals surface area (Å²) in [6, 6.07) is 15.7. The van der Waals surface area contributed by atoms with Gasteiger partial charge in [-0.3, -0.25) is 20.4 Å². The van der Waals surface area contributed by atoms with Crippen LogP contribution in [0, 0.1) is 0 Å². The van der Waals surface area contributed by atoms with E-state index in [1.165, 1.54) is 12.3 Å². The van der Waals surface area contributed by atoms with Crippen LogP contribution in [-0.4, -0.2) is 24.4 Å². The van der Waals surface area contributed by atoms with Crippen LogP contribution in [0.1, 0.15) is 20.9 Å². The van der Waals surface area contributed by atoms with E-state index in [1.54, 1.807) is 24.3 Å². The molecule has 3 rings (SSSR count). The summed E-state index contributed by atoms with van der Waals surface area (Å²) in [7, 11) is 0. The van der Waals surface area contributed by atoms with Crippen LogP contribution in [-0.2, 0) is 9.53 Å². The van der Waals surface area contributed by atoms with Crippen LogP contribution in [0.25, 0.3) is 10.8 Å². The van der Waals surface area contributed by atoms with Crippen molar-refractivity contribution < 1.29 is 23.5 Å². The molecule has 0 spiro atoms. The average Bonchev–Trinajstić information content (AvgIpc) is 3.18. The number of benzene rings is 2. The molecular weight excluding hydrogens is 324 g/mol. The van der Waals surface area contributed by atoms with E-state index in [1.807, 2.05) is 24.3 Å². The standard InChI is InChI=1S/C18H14N2O5/c21-16(19-20-17(22)15-6-3-9-24-15)11-25-18(23)14-8-7-12-4-1-2-5-13(12)10-14/h1-10H,11H2,(H,19,21)(H,20,22). The van der Waals surface area contributed by atoms with Gasteiger partial charge in [0, 0.05) is 0 Å². The number of amides is 2. The summed E-state index contributed by atoms with van der Waals surface area (Å²) in [6.45, 7) is -0.524. The zero-order valence-corrected chi connectivity index (χ0v) is 13.0. The molecule has 3 aromatic rings. The maximum absolute atomic E-state index is 12.0. The Balaban J connectivity index is 1.50. The largest absolute Gasteiger partial charge is 0.459 e. The van der Waals surface area contributed by atoms with E-state index in [2.05, 4.69) is 10.9 Å². The van der Waals surface area contributed by atoms with Gasteiger partial charge in [0.1, 0.15) is 0 Å². The number of hydrazine groups is 1. The molecular formula is C18H14N2O5. The molecule has 25 heavy (non-hydrogen) atoms. The number of hydrogen-bond donors (Lipinski definition) is 2. The molecule has 0 aliphatic rings. The second kappa shape index (κ2) is 7.31. The predicted octanol–water partition coefficient (Wildman–Crippen LogP) is 2.05. The number of furan rings is 1. The molecule has 0 saturated heterocycles. The van der Waals surface area contributed by atoms with Gasteiger partial charge in [-0.1, -0.05) is 30.3 Å². The summed E-state index contributed by atoms with van der Waals surface area (Å²) in [6.07, 6.45) is 1.34. The van der Waals surface area contributed by atoms with Gasteiger partial charge in [0.05, 0.1) is 11.8 Å². The van der Waals surface area contributed by atoms with Crippen molar-refractivity contribution in [3.63, 3.8) is 0 Å². The molecule has 126 valence electrons. The van der Waals surface area contributed by atoms with Crippen LogP contribution in [0.15, 0.2) is 65.3 Å². The lowest BCUT2D eigenvalue weighted by Crippen LogP contribution is -2.43. The molecule has 0 radical (unpaired) electrons. The minimum absolute atomic E-state index is 0.0495. The molecule has 0 bridgehead atoms. The van der Waals surface area contributed by atoms with E-state index in [4.69, 9.17) is 9.15 Å². The fourth-order valence-electron chi connectivity index (χ4n) is 2.16. The highest BCUT2D eigenvalue weighted by Crippen LogP contribution is 2.16. The summed E-state index contributed by atoms with van der Waals surface area (Å²) in [5.74, 6) is -1.86. The summed E-state index contributed by atoms with van der Waals surface area (Å²) < 4.78 is 9.81. The molecule has 2 amide bonds. The highest BCUT2D eigenvalue weighted by molar-refractivity contribution is 5.97. The normalized spacial score (nSPS) is 10.2. The van der Waals surface area contributed by atoms with Crippen molar-refractivity contribution in [1.29, 1.82) is 0 Å². The van der Waals surface area contributed by atoms with E-state index in [0.717, 1.165) is 10.8 Å². The van der Waals surface area contributed by atoms with Crippen molar-refractivity contribution in [2.75, 3.05) is 6.61 Å². The number of hydrogen-bond acceptors (Lipinski definition) is 5. The van der Waals surface area contributed by atoms with Crippen LogP contribution >= 0.6 is 0 Å². The van der Waals surface area contributed by atoms with Crippen LogP contribution in [0.3, 0.4) is 0 Å². The first kappa shape index (κ1) is 16.3. The van der Waals surface area contributed by atoms with Crippen LogP contribution < -0.4 is 10.9 Å². The van der Waals surface area contributed by atoms with Crippen molar-refractivity contribution in [2.45, 2.75) is 0 Å². The third-order valence-electron chi connectivity index (χ3n) is 3.38. The Morgan fingerprint density at radius 1 is 0.920 bits per heavy atom. The Hall–Kier alpha value is -3.61. The molecule has 0 atom stereocenters. The first-order valence-corrected chi connectivity index (χ1v) is 7.42. The van der Waals surface area contributed by atoms with Crippen LogP contribution in [0.2, 0.25) is 0 Å². The smallest absolute Gasteiger partial charge is 0.338 e. The molecule has 0 aliphatic heterocycles. The van der Waals surface area contributed by atoms with E-state index < -0.39 is 24.4 Å². The lowest BCUT2D eigenvalue weighted by Gasteiger charge is -2.07. The Kier molecular flexibility index (Phi) is 4.75. The molecule has 1 aromatic heterocycles. The number of fused-ring (bicyclic) bond motifs is 1. The maximum atomic E-state index is 12.0. The lowest BCUT2D eigenvalue weighted by atomic mass is 10.1. The molecule has 0 saturated carbocycles. The number of carbonyl (C=O) groups is 3. The van der Waals surface area contributed by atoms with Gasteiger partial charge in [0.25, 0.3) is 5.91 Å². The number of esters is 1. The molecule has 0 fully saturated rings. The fraction of sp³-hybridized carbons (Fsp3) is 0.0556. The van der Waals surface area contributed by atoms with Crippen molar-refractivity contribution >= 4 is 28.6 Å². The lowest BCUT2D eigenvalue weighted by molar-refractivity contribution is -0.125. The van der Waals surface area contributed by atoms with E-state index in [-0.39, 0.29) is 5.76 Å². The Morgan fingerprint density at radius 3 is 2.48 bits per heavy atom. The van der Waals surface area contributed by atoms with Crippen LogP contribution in [0.5, 0.6) is 0 Å². The van der Waals surface area contributed by atoms with Gasteiger partial charge in [0.2, 0.25) is 0 Å². The zero-order valence-electron chi connectivity index (χ0n) is 13.0. The fourth-order valence-corrected chi connectivity index (χ4v) is 2.16. The molecule has 1 heterocycles. The maximum Gasteiger partial charge on any atom is 0.338 e. The molecule has 0 aliphatic carbocycles. The third kappa shape index (κ3) is 4.03. The molecule has 0 unspecified atom stereocenters. The van der Waals surface area contributed by atoms with Crippen molar-refractivity contribution in [2.24, 2.45) is 0 Å². The highest BCUT2D eigenvalue weighted by Gasteiger charge is 2.13. The summed E-state index contributed by atoms with van der Waals surface area (Å²) in [4.78, 5) is 35.2. The van der Waals surface area contributed by atoms with Gasteiger partial charge in [-0.2, -0.15) is 0 Å². The van der Waals surface area contributed by atoms with Gasteiger partial charge in [-0.15, -0.1) is 0 Å². The topological polar surface area (TPSA) is 97.6 Å². The Labute approximate surface area is 142 Å². The summed E-state index contributed by atoms with van der Waals surface area (Å²) >= 11 is 0. The molecule has 7 heteroatoms.